The van der Waals surface area contributed by atoms with Gasteiger partial charge in [-0.15, -0.1) is 11.6 Å². The minimum Gasteiger partial charge on any atom is -0.195 e. The normalized spacial score (nSPS) is 13.8. The van der Waals surface area contributed by atoms with Crippen molar-refractivity contribution in [1.29, 1.82) is 0 Å². The summed E-state index contributed by atoms with van der Waals surface area (Å²) in [5, 5.41) is 0. The van der Waals surface area contributed by atoms with Gasteiger partial charge in [0.1, 0.15) is 0 Å². The van der Waals surface area contributed by atoms with E-state index in [1.807, 2.05) is 20.8 Å². The molecule has 0 atom stereocenters. The molecule has 0 bridgehead atoms. The Balaban J connectivity index is 4.53. The molecule has 98 valence electrons. The summed E-state index contributed by atoms with van der Waals surface area (Å²) in [6, 6.07) is 0. The van der Waals surface area contributed by atoms with Gasteiger partial charge >= 0.3 is 0 Å². The van der Waals surface area contributed by atoms with Gasteiger partial charge in [0.05, 0.1) is 0 Å². The Morgan fingerprint density at radius 1 is 1.12 bits per heavy atom. The van der Waals surface area contributed by atoms with E-state index in [2.05, 4.69) is 0 Å². The largest absolute Gasteiger partial charge is 0.281 e. The second kappa shape index (κ2) is 6.19. The average molecular weight is 271 g/mol. The van der Waals surface area contributed by atoms with Crippen molar-refractivity contribution >= 4 is 21.8 Å². The summed E-state index contributed by atoms with van der Waals surface area (Å²) in [6.45, 7) is 6.99. The lowest BCUT2D eigenvalue weighted by molar-refractivity contribution is 0.293. The van der Waals surface area contributed by atoms with Crippen molar-refractivity contribution in [3.05, 3.63) is 0 Å². The molecule has 0 spiro atoms. The number of hydrogen-bond acceptors (Lipinski definition) is 2. The van der Waals surface area contributed by atoms with Crippen LogP contribution in [0.4, 0.5) is 0 Å². The number of nitrogens with zero attached hydrogens (tertiary/aromatic N) is 2. The summed E-state index contributed by atoms with van der Waals surface area (Å²) in [5.74, 6) is 0.475. The quantitative estimate of drug-likeness (QED) is 0.690. The van der Waals surface area contributed by atoms with Gasteiger partial charge in [0.15, 0.2) is 0 Å². The molecule has 0 aromatic rings. The fourth-order valence-electron chi connectivity index (χ4n) is 1.39. The van der Waals surface area contributed by atoms with E-state index in [0.717, 1.165) is 0 Å². The van der Waals surface area contributed by atoms with E-state index >= 15 is 0 Å². The third kappa shape index (κ3) is 5.48. The molecule has 0 saturated heterocycles. The average Bonchev–Trinajstić information content (AvgIpc) is 2.11. The van der Waals surface area contributed by atoms with Gasteiger partial charge in [-0.2, -0.15) is 17.0 Å². The highest BCUT2D eigenvalue weighted by atomic mass is 35.5. The molecule has 0 fully saturated rings. The fraction of sp³-hybridized carbons (Fsp3) is 1.00. The van der Waals surface area contributed by atoms with E-state index in [1.165, 1.54) is 8.61 Å². The Bertz CT molecular complexity index is 298. The minimum atomic E-state index is -3.34. The molecule has 0 rings (SSSR count). The highest BCUT2D eigenvalue weighted by molar-refractivity contribution is 7.86. The monoisotopic (exact) mass is 270 g/mol. The molecule has 0 saturated carbocycles. The number of hydrogen-bond donors (Lipinski definition) is 0. The topological polar surface area (TPSA) is 40.6 Å². The molecule has 6 heteroatoms. The zero-order chi connectivity index (χ0) is 13.0. The second-order valence-corrected chi connectivity index (χ2v) is 7.71. The number of alkyl halides is 1. The Labute approximate surface area is 105 Å². The first-order chi connectivity index (χ1) is 7.11. The predicted octanol–water partition coefficient (Wildman–Crippen LogP) is 1.77. The van der Waals surface area contributed by atoms with E-state index in [1.54, 1.807) is 14.1 Å². The summed E-state index contributed by atoms with van der Waals surface area (Å²) in [6.07, 6.45) is 0.667. The van der Waals surface area contributed by atoms with Crippen LogP contribution in [0.3, 0.4) is 0 Å². The lowest BCUT2D eigenvalue weighted by Gasteiger charge is -2.29. The second-order valence-electron chi connectivity index (χ2n) is 5.19. The lowest BCUT2D eigenvalue weighted by atomic mass is 9.97. The SMILES string of the molecule is CN(CCCCl)S(=O)(=O)N(C)CC(C)(C)C. The first-order valence-electron chi connectivity index (χ1n) is 5.35. The molecule has 0 amide bonds. The highest BCUT2D eigenvalue weighted by Crippen LogP contribution is 2.17. The van der Waals surface area contributed by atoms with Crippen molar-refractivity contribution in [2.24, 2.45) is 5.41 Å². The molecular formula is C10H23ClN2O2S. The van der Waals surface area contributed by atoms with Gasteiger partial charge in [-0.25, -0.2) is 0 Å². The molecule has 0 heterocycles. The van der Waals surface area contributed by atoms with Gasteiger partial charge in [0.2, 0.25) is 0 Å². The maximum atomic E-state index is 12.0. The molecule has 0 unspecified atom stereocenters. The zero-order valence-electron chi connectivity index (χ0n) is 10.8. The summed E-state index contributed by atoms with van der Waals surface area (Å²) >= 11 is 5.55. The molecule has 0 aliphatic carbocycles. The smallest absolute Gasteiger partial charge is 0.195 e. The first kappa shape index (κ1) is 16.2. The van der Waals surface area contributed by atoms with Gasteiger partial charge in [-0.05, 0) is 11.8 Å². The molecule has 0 radical (unpaired) electrons. The Morgan fingerprint density at radius 2 is 1.62 bits per heavy atom. The minimum absolute atomic E-state index is 0.0465. The van der Waals surface area contributed by atoms with E-state index in [0.29, 0.717) is 25.4 Å². The molecule has 0 aliphatic rings. The van der Waals surface area contributed by atoms with Crippen molar-refractivity contribution < 1.29 is 8.42 Å². The maximum Gasteiger partial charge on any atom is 0.281 e. The van der Waals surface area contributed by atoms with Crippen LogP contribution in [0.1, 0.15) is 27.2 Å². The molecular weight excluding hydrogens is 248 g/mol. The van der Waals surface area contributed by atoms with E-state index < -0.39 is 10.2 Å². The van der Waals surface area contributed by atoms with Crippen LogP contribution in [0.5, 0.6) is 0 Å². The van der Waals surface area contributed by atoms with Gasteiger partial charge < -0.3 is 0 Å². The van der Waals surface area contributed by atoms with Crippen LogP contribution in [0.25, 0.3) is 0 Å². The first-order valence-corrected chi connectivity index (χ1v) is 7.28. The molecule has 0 aromatic heterocycles. The van der Waals surface area contributed by atoms with Crippen LogP contribution in [0.15, 0.2) is 0 Å². The third-order valence-electron chi connectivity index (χ3n) is 2.09. The van der Waals surface area contributed by atoms with Gasteiger partial charge in [-0.1, -0.05) is 20.8 Å². The zero-order valence-corrected chi connectivity index (χ0v) is 12.4. The van der Waals surface area contributed by atoms with E-state index in [9.17, 15) is 8.42 Å². The van der Waals surface area contributed by atoms with Crippen molar-refractivity contribution in [3.8, 4) is 0 Å². The lowest BCUT2D eigenvalue weighted by Crippen LogP contribution is -2.43. The number of halogens is 1. The van der Waals surface area contributed by atoms with E-state index in [-0.39, 0.29) is 5.41 Å². The standard InChI is InChI=1S/C10H23ClN2O2S/c1-10(2,3)9-13(5)16(14,15)12(4)8-6-7-11/h6-9H2,1-5H3. The van der Waals surface area contributed by atoms with Crippen LogP contribution in [0.2, 0.25) is 0 Å². The Morgan fingerprint density at radius 3 is 2.00 bits per heavy atom. The summed E-state index contributed by atoms with van der Waals surface area (Å²) in [7, 11) is -0.143. The Hall–Kier alpha value is 0.160. The third-order valence-corrected chi connectivity index (χ3v) is 4.25. The highest BCUT2D eigenvalue weighted by Gasteiger charge is 2.26. The summed E-state index contributed by atoms with van der Waals surface area (Å²) in [4.78, 5) is 0. The van der Waals surface area contributed by atoms with Crippen LogP contribution in [0, 0.1) is 5.41 Å². The molecule has 0 aromatic carbocycles. The molecule has 0 N–H and O–H groups in total. The van der Waals surface area contributed by atoms with Crippen LogP contribution in [-0.4, -0.2) is 50.1 Å². The van der Waals surface area contributed by atoms with Crippen LogP contribution < -0.4 is 0 Å². The van der Waals surface area contributed by atoms with Gasteiger partial charge in [-0.3, -0.25) is 0 Å². The molecule has 16 heavy (non-hydrogen) atoms. The van der Waals surface area contributed by atoms with Crippen LogP contribution >= 0.6 is 11.6 Å². The van der Waals surface area contributed by atoms with Crippen molar-refractivity contribution in [2.45, 2.75) is 27.2 Å². The van der Waals surface area contributed by atoms with Gasteiger partial charge in [0.25, 0.3) is 10.2 Å². The predicted molar refractivity (Wildman–Crippen MR) is 69.0 cm³/mol. The van der Waals surface area contributed by atoms with Crippen molar-refractivity contribution in [2.75, 3.05) is 33.1 Å². The molecule has 0 aliphatic heterocycles. The number of rotatable bonds is 6. The summed E-state index contributed by atoms with van der Waals surface area (Å²) in [5.41, 5.74) is -0.0465. The Kier molecular flexibility index (Phi) is 6.25. The van der Waals surface area contributed by atoms with E-state index in [4.69, 9.17) is 11.6 Å². The maximum absolute atomic E-state index is 12.0. The van der Waals surface area contributed by atoms with Gasteiger partial charge in [0, 0.05) is 33.1 Å². The van der Waals surface area contributed by atoms with Crippen molar-refractivity contribution in [1.82, 2.24) is 8.61 Å². The van der Waals surface area contributed by atoms with Crippen LogP contribution in [-0.2, 0) is 10.2 Å². The fourth-order valence-corrected chi connectivity index (χ4v) is 2.89. The van der Waals surface area contributed by atoms with Crippen molar-refractivity contribution in [3.63, 3.8) is 0 Å². The molecule has 4 nitrogen and oxygen atoms in total. The summed E-state index contributed by atoms with van der Waals surface area (Å²) < 4.78 is 26.8.